The molecule has 0 saturated heterocycles. The fourth-order valence-corrected chi connectivity index (χ4v) is 2.82. The van der Waals surface area contributed by atoms with Gasteiger partial charge in [-0.1, -0.05) is 46.3 Å². The summed E-state index contributed by atoms with van der Waals surface area (Å²) in [6, 6.07) is 17.3. The average Bonchev–Trinajstić information content (AvgIpc) is 2.78. The molecule has 100 valence electrons. The Hall–Kier alpha value is -2.07. The van der Waals surface area contributed by atoms with Crippen molar-refractivity contribution in [3.05, 3.63) is 70.3 Å². The molecule has 0 radical (unpaired) electrons. The predicted molar refractivity (Wildman–Crippen MR) is 82.1 cm³/mol. The molecule has 3 aromatic rings. The van der Waals surface area contributed by atoms with Gasteiger partial charge in [0, 0.05) is 21.9 Å². The molecule has 0 atom stereocenters. The Bertz CT molecular complexity index is 792. The lowest BCUT2D eigenvalue weighted by molar-refractivity contribution is 0.0686. The van der Waals surface area contributed by atoms with Gasteiger partial charge >= 0.3 is 5.97 Å². The van der Waals surface area contributed by atoms with Crippen molar-refractivity contribution in [2.45, 2.75) is 6.54 Å². The largest absolute Gasteiger partial charge is 0.477 e. The zero-order chi connectivity index (χ0) is 14.1. The molecule has 0 aliphatic carbocycles. The number of halogens is 1. The molecule has 0 saturated carbocycles. The van der Waals surface area contributed by atoms with Gasteiger partial charge in [-0.15, -0.1) is 0 Å². The highest BCUT2D eigenvalue weighted by Crippen LogP contribution is 2.22. The van der Waals surface area contributed by atoms with Gasteiger partial charge in [0.25, 0.3) is 0 Å². The number of carbonyl (C=O) groups is 1. The molecule has 0 spiro atoms. The molecular formula is C16H12BrNO2. The molecule has 0 fully saturated rings. The summed E-state index contributed by atoms with van der Waals surface area (Å²) in [6.07, 6.45) is 0. The number of aromatic carboxylic acids is 1. The van der Waals surface area contributed by atoms with Crippen molar-refractivity contribution in [3.63, 3.8) is 0 Å². The van der Waals surface area contributed by atoms with E-state index < -0.39 is 5.97 Å². The van der Waals surface area contributed by atoms with Crippen LogP contribution < -0.4 is 0 Å². The molecule has 4 heteroatoms. The SMILES string of the molecule is O=C(O)c1cc2ccccc2n1Cc1cccc(Br)c1. The molecular weight excluding hydrogens is 318 g/mol. The molecule has 3 rings (SSSR count). The summed E-state index contributed by atoms with van der Waals surface area (Å²) in [5.74, 6) is -0.906. The summed E-state index contributed by atoms with van der Waals surface area (Å²) >= 11 is 3.44. The first kappa shape index (κ1) is 12.9. The van der Waals surface area contributed by atoms with Gasteiger partial charge in [-0.3, -0.25) is 0 Å². The van der Waals surface area contributed by atoms with E-state index >= 15 is 0 Å². The van der Waals surface area contributed by atoms with Crippen molar-refractivity contribution in [2.24, 2.45) is 0 Å². The van der Waals surface area contributed by atoms with E-state index in [1.165, 1.54) is 0 Å². The van der Waals surface area contributed by atoms with Crippen molar-refractivity contribution in [2.75, 3.05) is 0 Å². The van der Waals surface area contributed by atoms with E-state index in [1.54, 1.807) is 6.07 Å². The maximum atomic E-state index is 11.4. The van der Waals surface area contributed by atoms with Crippen molar-refractivity contribution in [1.82, 2.24) is 4.57 Å². The second kappa shape index (κ2) is 5.13. The number of nitrogens with zero attached hydrogens (tertiary/aromatic N) is 1. The second-order valence-electron chi connectivity index (χ2n) is 4.61. The highest BCUT2D eigenvalue weighted by molar-refractivity contribution is 9.10. The summed E-state index contributed by atoms with van der Waals surface area (Å²) < 4.78 is 2.82. The average molecular weight is 330 g/mol. The molecule has 20 heavy (non-hydrogen) atoms. The van der Waals surface area contributed by atoms with Crippen molar-refractivity contribution in [1.29, 1.82) is 0 Å². The van der Waals surface area contributed by atoms with Gasteiger partial charge in [-0.2, -0.15) is 0 Å². The van der Waals surface area contributed by atoms with Crippen LogP contribution in [0.15, 0.2) is 59.1 Å². The molecule has 2 aromatic carbocycles. The lowest BCUT2D eigenvalue weighted by Crippen LogP contribution is -2.09. The molecule has 1 heterocycles. The minimum atomic E-state index is -0.906. The van der Waals surface area contributed by atoms with Crippen LogP contribution in [0.1, 0.15) is 16.1 Å². The zero-order valence-electron chi connectivity index (χ0n) is 10.6. The topological polar surface area (TPSA) is 42.2 Å². The fourth-order valence-electron chi connectivity index (χ4n) is 2.38. The summed E-state index contributed by atoms with van der Waals surface area (Å²) in [5.41, 5.74) is 2.30. The van der Waals surface area contributed by atoms with E-state index in [-0.39, 0.29) is 0 Å². The molecule has 1 aromatic heterocycles. The minimum absolute atomic E-state index is 0.311. The first-order valence-corrected chi connectivity index (χ1v) is 7.00. The molecule has 0 bridgehead atoms. The first-order valence-electron chi connectivity index (χ1n) is 6.21. The van der Waals surface area contributed by atoms with Gasteiger partial charge < -0.3 is 9.67 Å². The van der Waals surface area contributed by atoms with Gasteiger partial charge in [0.2, 0.25) is 0 Å². The van der Waals surface area contributed by atoms with E-state index in [0.29, 0.717) is 12.2 Å². The van der Waals surface area contributed by atoms with E-state index in [9.17, 15) is 9.90 Å². The van der Waals surface area contributed by atoms with Crippen LogP contribution in [0.25, 0.3) is 10.9 Å². The fraction of sp³-hybridized carbons (Fsp3) is 0.0625. The Morgan fingerprint density at radius 1 is 1.10 bits per heavy atom. The molecule has 0 unspecified atom stereocenters. The number of rotatable bonds is 3. The molecule has 3 nitrogen and oxygen atoms in total. The van der Waals surface area contributed by atoms with Crippen LogP contribution in [-0.4, -0.2) is 15.6 Å². The van der Waals surface area contributed by atoms with Crippen LogP contribution >= 0.6 is 15.9 Å². The summed E-state index contributed by atoms with van der Waals surface area (Å²) in [7, 11) is 0. The Morgan fingerprint density at radius 2 is 1.90 bits per heavy atom. The normalized spacial score (nSPS) is 10.8. The molecule has 1 N–H and O–H groups in total. The standard InChI is InChI=1S/C16H12BrNO2/c17-13-6-3-4-11(8-13)10-18-14-7-2-1-5-12(14)9-15(18)16(19)20/h1-9H,10H2,(H,19,20). The van der Waals surface area contributed by atoms with Gasteiger partial charge in [0.15, 0.2) is 0 Å². The predicted octanol–water partition coefficient (Wildman–Crippen LogP) is 4.15. The number of para-hydroxylation sites is 1. The molecule has 0 aliphatic rings. The van der Waals surface area contributed by atoms with Crippen LogP contribution in [0.4, 0.5) is 0 Å². The third-order valence-corrected chi connectivity index (χ3v) is 3.75. The first-order chi connectivity index (χ1) is 9.65. The molecule has 0 amide bonds. The van der Waals surface area contributed by atoms with Gasteiger partial charge in [0.05, 0.1) is 0 Å². The van der Waals surface area contributed by atoms with Crippen LogP contribution in [0.2, 0.25) is 0 Å². The Kier molecular flexibility index (Phi) is 3.32. The van der Waals surface area contributed by atoms with Crippen LogP contribution in [0.5, 0.6) is 0 Å². The van der Waals surface area contributed by atoms with Crippen molar-refractivity contribution >= 4 is 32.8 Å². The lowest BCUT2D eigenvalue weighted by Gasteiger charge is -2.09. The summed E-state index contributed by atoms with van der Waals surface area (Å²) in [6.45, 7) is 0.536. The maximum absolute atomic E-state index is 11.4. The summed E-state index contributed by atoms with van der Waals surface area (Å²) in [4.78, 5) is 11.4. The number of aromatic nitrogens is 1. The number of hydrogen-bond donors (Lipinski definition) is 1. The smallest absolute Gasteiger partial charge is 0.352 e. The number of fused-ring (bicyclic) bond motifs is 1. The third kappa shape index (κ3) is 2.34. The Balaban J connectivity index is 2.14. The van der Waals surface area contributed by atoms with E-state index in [4.69, 9.17) is 0 Å². The number of carboxylic acid groups (broad SMARTS) is 1. The monoisotopic (exact) mass is 329 g/mol. The van der Waals surface area contributed by atoms with Gasteiger partial charge in [-0.25, -0.2) is 4.79 Å². The Labute approximate surface area is 124 Å². The van der Waals surface area contributed by atoms with Crippen molar-refractivity contribution < 1.29 is 9.90 Å². The van der Waals surface area contributed by atoms with Gasteiger partial charge in [0.1, 0.15) is 5.69 Å². The summed E-state index contributed by atoms with van der Waals surface area (Å²) in [5, 5.41) is 10.3. The molecule has 0 aliphatic heterocycles. The van der Waals surface area contributed by atoms with E-state index in [1.807, 2.05) is 53.1 Å². The van der Waals surface area contributed by atoms with E-state index in [0.717, 1.165) is 20.9 Å². The number of hydrogen-bond acceptors (Lipinski definition) is 1. The highest BCUT2D eigenvalue weighted by atomic mass is 79.9. The van der Waals surface area contributed by atoms with Crippen molar-refractivity contribution in [3.8, 4) is 0 Å². The van der Waals surface area contributed by atoms with Crippen LogP contribution in [-0.2, 0) is 6.54 Å². The zero-order valence-corrected chi connectivity index (χ0v) is 12.2. The quantitative estimate of drug-likeness (QED) is 0.784. The van der Waals surface area contributed by atoms with Crippen LogP contribution in [0.3, 0.4) is 0 Å². The van der Waals surface area contributed by atoms with E-state index in [2.05, 4.69) is 15.9 Å². The third-order valence-electron chi connectivity index (χ3n) is 3.26. The number of benzene rings is 2. The Morgan fingerprint density at radius 3 is 2.65 bits per heavy atom. The lowest BCUT2D eigenvalue weighted by atomic mass is 10.2. The van der Waals surface area contributed by atoms with Gasteiger partial charge in [-0.05, 0) is 29.8 Å². The number of carboxylic acids is 1. The van der Waals surface area contributed by atoms with Crippen LogP contribution in [0, 0.1) is 0 Å². The maximum Gasteiger partial charge on any atom is 0.352 e. The minimum Gasteiger partial charge on any atom is -0.477 e. The second-order valence-corrected chi connectivity index (χ2v) is 5.53. The highest BCUT2D eigenvalue weighted by Gasteiger charge is 2.14.